The van der Waals surface area contributed by atoms with Gasteiger partial charge in [0.2, 0.25) is 21.7 Å². The predicted molar refractivity (Wildman–Crippen MR) is 113 cm³/mol. The molecule has 156 valence electrons. The van der Waals surface area contributed by atoms with Crippen LogP contribution in [0.25, 0.3) is 11.4 Å². The lowest BCUT2D eigenvalue weighted by Crippen LogP contribution is -2.31. The van der Waals surface area contributed by atoms with Gasteiger partial charge in [-0.05, 0) is 74.8 Å². The van der Waals surface area contributed by atoms with Crippen molar-refractivity contribution < 1.29 is 12.9 Å². The number of aryl methyl sites for hydroxylation is 3. The highest BCUT2D eigenvalue weighted by Crippen LogP contribution is 2.37. The lowest BCUT2D eigenvalue weighted by molar-refractivity contribution is 0.290. The second kappa shape index (κ2) is 7.63. The van der Waals surface area contributed by atoms with Crippen molar-refractivity contribution in [2.24, 2.45) is 0 Å². The average molecular weight is 424 g/mol. The van der Waals surface area contributed by atoms with Crippen molar-refractivity contribution >= 4 is 10.0 Å². The van der Waals surface area contributed by atoms with Crippen LogP contribution in [0.15, 0.2) is 51.9 Å². The van der Waals surface area contributed by atoms with Gasteiger partial charge in [0.05, 0.1) is 4.90 Å². The van der Waals surface area contributed by atoms with Crippen LogP contribution in [0.3, 0.4) is 0 Å². The highest BCUT2D eigenvalue weighted by atomic mass is 32.2. The molecule has 2 aliphatic rings. The Hall–Kier alpha value is -2.51. The van der Waals surface area contributed by atoms with Crippen molar-refractivity contribution in [3.8, 4) is 11.4 Å². The number of aromatic nitrogens is 2. The molecule has 0 saturated carbocycles. The Bertz CT molecular complexity index is 1190. The number of nitrogens with zero attached hydrogens (tertiary/aromatic N) is 3. The van der Waals surface area contributed by atoms with E-state index >= 15 is 0 Å². The van der Waals surface area contributed by atoms with Gasteiger partial charge in [-0.25, -0.2) is 8.42 Å². The van der Waals surface area contributed by atoms with Gasteiger partial charge in [0, 0.05) is 12.1 Å². The first kappa shape index (κ1) is 19.5. The second-order valence-electron chi connectivity index (χ2n) is 8.24. The minimum Gasteiger partial charge on any atom is -0.337 e. The first-order valence-corrected chi connectivity index (χ1v) is 12.0. The maximum Gasteiger partial charge on any atom is 0.245 e. The lowest BCUT2D eigenvalue weighted by Gasteiger charge is -2.23. The summed E-state index contributed by atoms with van der Waals surface area (Å²) < 4.78 is 34.0. The van der Waals surface area contributed by atoms with E-state index in [0.717, 1.165) is 42.4 Å². The Morgan fingerprint density at radius 2 is 1.87 bits per heavy atom. The van der Waals surface area contributed by atoms with Gasteiger partial charge in [-0.15, -0.1) is 0 Å². The normalized spacial score (nSPS) is 19.7. The van der Waals surface area contributed by atoms with Crippen molar-refractivity contribution in [1.29, 1.82) is 0 Å². The fourth-order valence-electron chi connectivity index (χ4n) is 4.55. The number of fused-ring (bicyclic) bond motifs is 1. The molecule has 6 nitrogen and oxygen atoms in total. The molecule has 0 radical (unpaired) electrons. The summed E-state index contributed by atoms with van der Waals surface area (Å²) in [7, 11) is -3.63. The zero-order chi connectivity index (χ0) is 20.7. The minimum atomic E-state index is -3.63. The van der Waals surface area contributed by atoms with Gasteiger partial charge < -0.3 is 4.52 Å². The van der Waals surface area contributed by atoms with Crippen molar-refractivity contribution in [2.75, 3.05) is 6.54 Å². The molecule has 30 heavy (non-hydrogen) atoms. The van der Waals surface area contributed by atoms with Crippen LogP contribution in [0.2, 0.25) is 0 Å². The van der Waals surface area contributed by atoms with Crippen LogP contribution >= 0.6 is 0 Å². The molecule has 0 amide bonds. The molecule has 5 rings (SSSR count). The summed E-state index contributed by atoms with van der Waals surface area (Å²) in [6.45, 7) is 2.47. The van der Waals surface area contributed by atoms with Crippen LogP contribution in [0, 0.1) is 6.92 Å². The molecule has 7 heteroatoms. The van der Waals surface area contributed by atoms with Crippen LogP contribution in [-0.4, -0.2) is 29.4 Å². The van der Waals surface area contributed by atoms with Gasteiger partial charge in [-0.2, -0.15) is 9.29 Å². The number of benzene rings is 2. The summed E-state index contributed by atoms with van der Waals surface area (Å²) in [6.07, 6.45) is 5.73. The zero-order valence-corrected chi connectivity index (χ0v) is 17.9. The monoisotopic (exact) mass is 423 g/mol. The largest absolute Gasteiger partial charge is 0.337 e. The van der Waals surface area contributed by atoms with Gasteiger partial charge in [0.25, 0.3) is 0 Å². The van der Waals surface area contributed by atoms with Crippen molar-refractivity contribution in [3.63, 3.8) is 0 Å². The Morgan fingerprint density at radius 3 is 2.70 bits per heavy atom. The molecule has 3 aromatic rings. The first-order valence-electron chi connectivity index (χ1n) is 10.6. The van der Waals surface area contributed by atoms with Crippen molar-refractivity contribution in [2.45, 2.75) is 56.4 Å². The van der Waals surface area contributed by atoms with Crippen LogP contribution in [-0.2, 0) is 22.9 Å². The lowest BCUT2D eigenvalue weighted by atomic mass is 9.92. The molecule has 1 saturated heterocycles. The molecule has 1 aromatic heterocycles. The Morgan fingerprint density at radius 1 is 1.03 bits per heavy atom. The molecular weight excluding hydrogens is 398 g/mol. The third-order valence-electron chi connectivity index (χ3n) is 6.13. The van der Waals surface area contributed by atoms with E-state index in [4.69, 9.17) is 4.52 Å². The summed E-state index contributed by atoms with van der Waals surface area (Å²) in [6, 6.07) is 13.1. The molecule has 1 atom stereocenters. The molecule has 1 aliphatic carbocycles. The molecule has 1 fully saturated rings. The summed E-state index contributed by atoms with van der Waals surface area (Å²) in [5.74, 6) is 0.859. The van der Waals surface area contributed by atoms with Crippen molar-refractivity contribution in [1.82, 2.24) is 14.4 Å². The third-order valence-corrected chi connectivity index (χ3v) is 8.04. The summed E-state index contributed by atoms with van der Waals surface area (Å²) in [4.78, 5) is 4.92. The first-order chi connectivity index (χ1) is 14.5. The average Bonchev–Trinajstić information content (AvgIpc) is 3.43. The van der Waals surface area contributed by atoms with Crippen LogP contribution in [0.5, 0.6) is 0 Å². The number of rotatable bonds is 4. The van der Waals surface area contributed by atoms with E-state index in [2.05, 4.69) is 10.1 Å². The molecule has 0 unspecified atom stereocenters. The standard InChI is InChI=1S/C23H25N3O3S/c1-16-6-4-9-19(14-16)22-24-23(29-25-22)21-10-5-13-26(21)30(27,28)20-12-11-17-7-2-3-8-18(17)15-20/h4,6,9,11-12,14-15,21H,2-3,5,7-8,10,13H2,1H3/t21-/m1/s1. The molecule has 0 bridgehead atoms. The summed E-state index contributed by atoms with van der Waals surface area (Å²) >= 11 is 0. The summed E-state index contributed by atoms with van der Waals surface area (Å²) in [5, 5.41) is 4.11. The number of hydrogen-bond acceptors (Lipinski definition) is 5. The molecule has 2 aromatic carbocycles. The van der Waals surface area contributed by atoms with Crippen LogP contribution in [0.4, 0.5) is 0 Å². The van der Waals surface area contributed by atoms with Gasteiger partial charge in [-0.3, -0.25) is 0 Å². The van der Waals surface area contributed by atoms with Gasteiger partial charge in [-0.1, -0.05) is 35.0 Å². The van der Waals surface area contributed by atoms with E-state index in [1.807, 2.05) is 43.3 Å². The minimum absolute atomic E-state index is 0.366. The fraction of sp³-hybridized carbons (Fsp3) is 0.391. The quantitative estimate of drug-likeness (QED) is 0.620. The predicted octanol–water partition coefficient (Wildman–Crippen LogP) is 4.45. The molecule has 0 N–H and O–H groups in total. The van der Waals surface area contributed by atoms with Crippen LogP contribution < -0.4 is 0 Å². The van der Waals surface area contributed by atoms with E-state index < -0.39 is 16.1 Å². The van der Waals surface area contributed by atoms with E-state index in [9.17, 15) is 8.42 Å². The maximum atomic E-state index is 13.5. The number of sulfonamides is 1. The van der Waals surface area contributed by atoms with Crippen LogP contribution in [0.1, 0.15) is 54.3 Å². The highest BCUT2D eigenvalue weighted by Gasteiger charge is 2.39. The molecule has 1 aliphatic heterocycles. The maximum absolute atomic E-state index is 13.5. The zero-order valence-electron chi connectivity index (χ0n) is 17.0. The summed E-state index contributed by atoms with van der Waals surface area (Å²) in [5.41, 5.74) is 4.42. The van der Waals surface area contributed by atoms with E-state index in [1.54, 1.807) is 6.07 Å². The molecule has 2 heterocycles. The van der Waals surface area contributed by atoms with Gasteiger partial charge in [0.1, 0.15) is 6.04 Å². The Balaban J connectivity index is 1.45. The van der Waals surface area contributed by atoms with E-state index in [1.165, 1.54) is 16.3 Å². The van der Waals surface area contributed by atoms with E-state index in [-0.39, 0.29) is 0 Å². The second-order valence-corrected chi connectivity index (χ2v) is 10.1. The number of hydrogen-bond donors (Lipinski definition) is 0. The Labute approximate surface area is 177 Å². The van der Waals surface area contributed by atoms with Crippen molar-refractivity contribution in [3.05, 3.63) is 65.0 Å². The SMILES string of the molecule is Cc1cccc(-c2noc([C@H]3CCCN3S(=O)(=O)c3ccc4c(c3)CCCC4)n2)c1. The highest BCUT2D eigenvalue weighted by molar-refractivity contribution is 7.89. The Kier molecular flexibility index (Phi) is 4.95. The molecular formula is C23H25N3O3S. The van der Waals surface area contributed by atoms with Gasteiger partial charge >= 0.3 is 0 Å². The molecule has 0 spiro atoms. The fourth-order valence-corrected chi connectivity index (χ4v) is 6.25. The third kappa shape index (κ3) is 3.46. The van der Waals surface area contributed by atoms with Gasteiger partial charge in [0.15, 0.2) is 0 Å². The topological polar surface area (TPSA) is 76.3 Å². The van der Waals surface area contributed by atoms with E-state index in [0.29, 0.717) is 29.6 Å². The smallest absolute Gasteiger partial charge is 0.245 e.